The quantitative estimate of drug-likeness (QED) is 0.214. The fraction of sp³-hybridized carbons (Fsp3) is 0.333. The van der Waals surface area contributed by atoms with Crippen molar-refractivity contribution in [2.75, 3.05) is 6.61 Å². The van der Waals surface area contributed by atoms with Gasteiger partial charge in [-0.1, -0.05) is 12.1 Å². The zero-order valence-electron chi connectivity index (χ0n) is 18.1. The van der Waals surface area contributed by atoms with Gasteiger partial charge in [-0.25, -0.2) is 9.59 Å². The third-order valence-corrected chi connectivity index (χ3v) is 3.87. The summed E-state index contributed by atoms with van der Waals surface area (Å²) >= 11 is 0. The number of esters is 2. The van der Waals surface area contributed by atoms with E-state index in [9.17, 15) is 22.8 Å². The molecule has 0 fully saturated rings. The molecule has 32 heavy (non-hydrogen) atoms. The molecule has 0 aliphatic rings. The van der Waals surface area contributed by atoms with Crippen molar-refractivity contribution in [1.82, 2.24) is 0 Å². The molecule has 5 nitrogen and oxygen atoms in total. The second-order valence-corrected chi connectivity index (χ2v) is 7.92. The summed E-state index contributed by atoms with van der Waals surface area (Å²) in [5.74, 6) is -0.367. The van der Waals surface area contributed by atoms with Crippen LogP contribution in [0.25, 0.3) is 6.08 Å². The van der Waals surface area contributed by atoms with Crippen LogP contribution >= 0.6 is 0 Å². The number of halogens is 3. The Morgan fingerprint density at radius 3 is 2.06 bits per heavy atom. The van der Waals surface area contributed by atoms with E-state index in [-0.39, 0.29) is 18.6 Å². The van der Waals surface area contributed by atoms with Crippen molar-refractivity contribution in [3.8, 4) is 11.5 Å². The van der Waals surface area contributed by atoms with Crippen molar-refractivity contribution in [3.05, 3.63) is 65.7 Å². The lowest BCUT2D eigenvalue weighted by atomic mass is 10.2. The first-order valence-corrected chi connectivity index (χ1v) is 9.94. The molecule has 172 valence electrons. The predicted octanol–water partition coefficient (Wildman–Crippen LogP) is 5.98. The van der Waals surface area contributed by atoms with Crippen molar-refractivity contribution in [3.63, 3.8) is 0 Å². The van der Waals surface area contributed by atoms with Crippen molar-refractivity contribution in [1.29, 1.82) is 0 Å². The minimum Gasteiger partial charge on any atom is -0.494 e. The molecule has 2 aromatic rings. The summed E-state index contributed by atoms with van der Waals surface area (Å²) in [6, 6.07) is 12.5. The summed E-state index contributed by atoms with van der Waals surface area (Å²) in [7, 11) is 0. The van der Waals surface area contributed by atoms with E-state index < -0.39 is 30.1 Å². The first-order valence-electron chi connectivity index (χ1n) is 9.94. The fourth-order valence-corrected chi connectivity index (χ4v) is 2.46. The molecule has 0 amide bonds. The van der Waals surface area contributed by atoms with E-state index in [1.54, 1.807) is 51.1 Å². The van der Waals surface area contributed by atoms with Crippen molar-refractivity contribution in [2.24, 2.45) is 0 Å². The van der Waals surface area contributed by atoms with Gasteiger partial charge < -0.3 is 14.2 Å². The summed E-state index contributed by atoms with van der Waals surface area (Å²) in [6.45, 7) is 5.27. The molecule has 0 bridgehead atoms. The number of ether oxygens (including phenoxy) is 3. The smallest absolute Gasteiger partial charge is 0.389 e. The number of carbonyl (C=O) groups excluding carboxylic acids is 2. The maximum atomic E-state index is 12.3. The summed E-state index contributed by atoms with van der Waals surface area (Å²) < 4.78 is 52.1. The van der Waals surface area contributed by atoms with Crippen LogP contribution in [0.2, 0.25) is 0 Å². The number of benzene rings is 2. The molecule has 8 heteroatoms. The Morgan fingerprint density at radius 1 is 0.906 bits per heavy atom. The van der Waals surface area contributed by atoms with E-state index in [0.29, 0.717) is 11.5 Å². The highest BCUT2D eigenvalue weighted by atomic mass is 19.4. The Morgan fingerprint density at radius 2 is 1.50 bits per heavy atom. The van der Waals surface area contributed by atoms with Gasteiger partial charge in [-0.05, 0) is 75.2 Å². The molecule has 0 saturated heterocycles. The van der Waals surface area contributed by atoms with Gasteiger partial charge in [0, 0.05) is 12.5 Å². The summed E-state index contributed by atoms with van der Waals surface area (Å²) in [5, 5.41) is 0. The average molecular weight is 450 g/mol. The molecule has 2 aromatic carbocycles. The molecule has 0 saturated carbocycles. The van der Waals surface area contributed by atoms with Crippen LogP contribution in [0.15, 0.2) is 54.6 Å². The van der Waals surface area contributed by atoms with E-state index >= 15 is 0 Å². The summed E-state index contributed by atoms with van der Waals surface area (Å²) in [5.41, 5.74) is 0.418. The lowest BCUT2D eigenvalue weighted by molar-refractivity contribution is -0.148. The Balaban J connectivity index is 1.85. The third-order valence-electron chi connectivity index (χ3n) is 3.87. The van der Waals surface area contributed by atoms with E-state index in [2.05, 4.69) is 0 Å². The van der Waals surface area contributed by atoms with Crippen LogP contribution in [0.1, 0.15) is 49.5 Å². The van der Waals surface area contributed by atoms with Crippen LogP contribution in [0.3, 0.4) is 0 Å². The van der Waals surface area contributed by atoms with Gasteiger partial charge in [0.25, 0.3) is 0 Å². The van der Waals surface area contributed by atoms with Crippen LogP contribution in [0.5, 0.6) is 11.5 Å². The zero-order chi connectivity index (χ0) is 23.8. The lowest BCUT2D eigenvalue weighted by Crippen LogP contribution is -2.22. The Bertz CT molecular complexity index is 924. The topological polar surface area (TPSA) is 61.8 Å². The van der Waals surface area contributed by atoms with Gasteiger partial charge in [0.05, 0.1) is 12.2 Å². The van der Waals surface area contributed by atoms with Gasteiger partial charge in [-0.3, -0.25) is 0 Å². The highest BCUT2D eigenvalue weighted by Crippen LogP contribution is 2.22. The molecule has 0 aromatic heterocycles. The number of hydrogen-bond donors (Lipinski definition) is 0. The molecular weight excluding hydrogens is 425 g/mol. The Hall–Kier alpha value is -3.29. The van der Waals surface area contributed by atoms with Crippen molar-refractivity contribution in [2.45, 2.75) is 45.4 Å². The van der Waals surface area contributed by atoms with Crippen LogP contribution in [-0.4, -0.2) is 30.3 Å². The molecule has 0 atom stereocenters. The van der Waals surface area contributed by atoms with Crippen LogP contribution < -0.4 is 9.47 Å². The molecule has 0 spiro atoms. The number of alkyl halides is 3. The van der Waals surface area contributed by atoms with Gasteiger partial charge in [0.1, 0.15) is 17.1 Å². The molecule has 0 aliphatic heterocycles. The van der Waals surface area contributed by atoms with E-state index in [1.807, 2.05) is 0 Å². The maximum Gasteiger partial charge on any atom is 0.389 e. The third kappa shape index (κ3) is 9.68. The highest BCUT2D eigenvalue weighted by molar-refractivity contribution is 5.91. The largest absolute Gasteiger partial charge is 0.494 e. The van der Waals surface area contributed by atoms with Gasteiger partial charge in [0.2, 0.25) is 0 Å². The van der Waals surface area contributed by atoms with Crippen LogP contribution in [-0.2, 0) is 9.53 Å². The first kappa shape index (κ1) is 25.0. The van der Waals surface area contributed by atoms with Gasteiger partial charge in [0.15, 0.2) is 0 Å². The second kappa shape index (κ2) is 10.8. The normalized spacial score (nSPS) is 11.9. The fourth-order valence-electron chi connectivity index (χ4n) is 2.46. The number of hydrogen-bond acceptors (Lipinski definition) is 5. The average Bonchev–Trinajstić information content (AvgIpc) is 2.69. The molecule has 0 N–H and O–H groups in total. The van der Waals surface area contributed by atoms with E-state index in [0.717, 1.165) is 5.56 Å². The Labute approximate surface area is 184 Å². The minimum atomic E-state index is -4.20. The van der Waals surface area contributed by atoms with E-state index in [1.165, 1.54) is 30.3 Å². The molecule has 0 aliphatic carbocycles. The zero-order valence-corrected chi connectivity index (χ0v) is 18.1. The predicted molar refractivity (Wildman–Crippen MR) is 114 cm³/mol. The highest BCUT2D eigenvalue weighted by Gasteiger charge is 2.26. The van der Waals surface area contributed by atoms with Crippen molar-refractivity contribution < 1.29 is 37.0 Å². The monoisotopic (exact) mass is 450 g/mol. The number of rotatable bonds is 8. The Kier molecular flexibility index (Phi) is 8.46. The maximum absolute atomic E-state index is 12.3. The van der Waals surface area contributed by atoms with Crippen LogP contribution in [0.4, 0.5) is 13.2 Å². The molecule has 2 rings (SSSR count). The van der Waals surface area contributed by atoms with E-state index in [4.69, 9.17) is 14.2 Å². The molecule has 0 unspecified atom stereocenters. The lowest BCUT2D eigenvalue weighted by Gasteiger charge is -2.17. The molecule has 0 heterocycles. The summed E-state index contributed by atoms with van der Waals surface area (Å²) in [4.78, 5) is 24.0. The first-order chi connectivity index (χ1) is 14.9. The van der Waals surface area contributed by atoms with Crippen LogP contribution in [0, 0.1) is 0 Å². The SMILES string of the molecule is CC(C)(C)OC(=O)/C=C/c1ccc(OC(=O)c2ccc(OCCCC(F)(F)F)cc2)cc1. The second-order valence-electron chi connectivity index (χ2n) is 7.92. The number of carbonyl (C=O) groups is 2. The molecular formula is C24H25F3O5. The minimum absolute atomic E-state index is 0.0714. The standard InChI is InChI=1S/C24H25F3O5/c1-23(2,3)32-21(28)14-7-17-5-10-20(11-6-17)31-22(29)18-8-12-19(13-9-18)30-16-4-15-24(25,26)27/h5-14H,4,15-16H2,1-3H3/b14-7+. The van der Waals surface area contributed by atoms with Gasteiger partial charge in [-0.15, -0.1) is 0 Å². The van der Waals surface area contributed by atoms with Gasteiger partial charge in [-0.2, -0.15) is 13.2 Å². The van der Waals surface area contributed by atoms with Gasteiger partial charge >= 0.3 is 18.1 Å². The molecule has 0 radical (unpaired) electrons. The summed E-state index contributed by atoms with van der Waals surface area (Å²) in [6.07, 6.45) is -2.35. The van der Waals surface area contributed by atoms with Crippen molar-refractivity contribution >= 4 is 18.0 Å².